The molecule has 5 nitrogen and oxygen atoms in total. The van der Waals surface area contributed by atoms with Gasteiger partial charge < -0.3 is 9.88 Å². The van der Waals surface area contributed by atoms with Gasteiger partial charge in [-0.3, -0.25) is 4.79 Å². The van der Waals surface area contributed by atoms with Crippen LogP contribution in [0.15, 0.2) is 30.6 Å². The van der Waals surface area contributed by atoms with Gasteiger partial charge >= 0.3 is 0 Å². The molecule has 2 heterocycles. The largest absolute Gasteiger partial charge is 0.329 e. The quantitative estimate of drug-likeness (QED) is 0.673. The van der Waals surface area contributed by atoms with Crippen molar-refractivity contribution in [2.45, 2.75) is 46.1 Å². The van der Waals surface area contributed by atoms with E-state index in [1.54, 1.807) is 0 Å². The lowest BCUT2D eigenvalue weighted by Gasteiger charge is -2.11. The van der Waals surface area contributed by atoms with Crippen LogP contribution in [0, 0.1) is 12.8 Å². The third-order valence-electron chi connectivity index (χ3n) is 5.52. The number of anilines is 1. The van der Waals surface area contributed by atoms with Crippen molar-refractivity contribution in [3.63, 3.8) is 0 Å². The Bertz CT molecular complexity index is 988. The number of hydrogen-bond donors (Lipinski definition) is 1. The molecule has 0 bridgehead atoms. The van der Waals surface area contributed by atoms with Crippen molar-refractivity contribution in [2.75, 3.05) is 5.32 Å². The molecule has 0 radical (unpaired) electrons. The van der Waals surface area contributed by atoms with Crippen LogP contribution in [0.2, 0.25) is 5.02 Å². The summed E-state index contributed by atoms with van der Waals surface area (Å²) in [7, 11) is 0. The van der Waals surface area contributed by atoms with Crippen molar-refractivity contribution < 1.29 is 4.79 Å². The molecule has 0 unspecified atom stereocenters. The van der Waals surface area contributed by atoms with E-state index in [9.17, 15) is 4.79 Å². The van der Waals surface area contributed by atoms with E-state index in [4.69, 9.17) is 11.6 Å². The summed E-state index contributed by atoms with van der Waals surface area (Å²) in [6.07, 6.45) is 5.69. The minimum Gasteiger partial charge on any atom is -0.329 e. The van der Waals surface area contributed by atoms with E-state index in [0.717, 1.165) is 60.1 Å². The Morgan fingerprint density at radius 1 is 1.22 bits per heavy atom. The molecule has 1 fully saturated rings. The van der Waals surface area contributed by atoms with E-state index in [1.807, 2.05) is 24.3 Å². The Kier molecular flexibility index (Phi) is 4.87. The standard InChI is InChI=1S/C21H23ClN4O/c1-3-26-13(2)17(14-8-10-16(22)11-9-14)18-19(23-12-24-20(18)26)25-21(27)15-6-4-5-7-15/h8-12,15H,3-7H2,1-2H3,(H,23,24,25,27). The van der Waals surface area contributed by atoms with Crippen LogP contribution in [-0.4, -0.2) is 20.4 Å². The highest BCUT2D eigenvalue weighted by atomic mass is 35.5. The molecular weight excluding hydrogens is 360 g/mol. The number of amides is 1. The number of halogens is 1. The van der Waals surface area contributed by atoms with Gasteiger partial charge in [0.2, 0.25) is 5.91 Å². The third kappa shape index (κ3) is 3.21. The normalized spacial score (nSPS) is 14.8. The molecule has 140 valence electrons. The van der Waals surface area contributed by atoms with Gasteiger partial charge in [0.05, 0.1) is 5.39 Å². The number of carbonyl (C=O) groups excluding carboxylic acids is 1. The van der Waals surface area contributed by atoms with Gasteiger partial charge in [-0.2, -0.15) is 0 Å². The van der Waals surface area contributed by atoms with Crippen molar-refractivity contribution in [1.82, 2.24) is 14.5 Å². The summed E-state index contributed by atoms with van der Waals surface area (Å²) in [5.41, 5.74) is 4.04. The third-order valence-corrected chi connectivity index (χ3v) is 5.77. The second kappa shape index (κ2) is 7.31. The van der Waals surface area contributed by atoms with E-state index in [-0.39, 0.29) is 11.8 Å². The maximum atomic E-state index is 12.7. The van der Waals surface area contributed by atoms with Crippen molar-refractivity contribution in [2.24, 2.45) is 5.92 Å². The summed E-state index contributed by atoms with van der Waals surface area (Å²) in [5.74, 6) is 0.747. The number of nitrogens with one attached hydrogen (secondary N) is 1. The monoisotopic (exact) mass is 382 g/mol. The van der Waals surface area contributed by atoms with Crippen LogP contribution in [0.25, 0.3) is 22.2 Å². The fraction of sp³-hybridized carbons (Fsp3) is 0.381. The number of hydrogen-bond acceptors (Lipinski definition) is 3. The van der Waals surface area contributed by atoms with Crippen LogP contribution in [-0.2, 0) is 11.3 Å². The molecule has 1 amide bonds. The van der Waals surface area contributed by atoms with Crippen LogP contribution in [0.3, 0.4) is 0 Å². The Morgan fingerprint density at radius 3 is 2.59 bits per heavy atom. The minimum atomic E-state index is 0.0662. The molecule has 27 heavy (non-hydrogen) atoms. The van der Waals surface area contributed by atoms with Gasteiger partial charge in [0, 0.05) is 28.7 Å². The lowest BCUT2D eigenvalue weighted by Crippen LogP contribution is -2.21. The van der Waals surface area contributed by atoms with Crippen molar-refractivity contribution in [3.05, 3.63) is 41.3 Å². The highest BCUT2D eigenvalue weighted by Crippen LogP contribution is 2.38. The van der Waals surface area contributed by atoms with Gasteiger partial charge in [-0.05, 0) is 44.4 Å². The minimum absolute atomic E-state index is 0.0662. The topological polar surface area (TPSA) is 59.8 Å². The molecule has 2 aromatic heterocycles. The first-order valence-electron chi connectivity index (χ1n) is 9.50. The van der Waals surface area contributed by atoms with Gasteiger partial charge in [0.1, 0.15) is 17.8 Å². The summed E-state index contributed by atoms with van der Waals surface area (Å²) >= 11 is 6.08. The summed E-state index contributed by atoms with van der Waals surface area (Å²) in [4.78, 5) is 21.7. The lowest BCUT2D eigenvalue weighted by molar-refractivity contribution is -0.119. The molecule has 0 spiro atoms. The number of fused-ring (bicyclic) bond motifs is 1. The Labute approximate surface area is 163 Å². The SMILES string of the molecule is CCn1c(C)c(-c2ccc(Cl)cc2)c2c(NC(=O)C3CCCC3)ncnc21. The van der Waals surface area contributed by atoms with E-state index < -0.39 is 0 Å². The molecular formula is C21H23ClN4O. The fourth-order valence-corrected chi connectivity index (χ4v) is 4.27. The van der Waals surface area contributed by atoms with Gasteiger partial charge in [-0.1, -0.05) is 36.6 Å². The zero-order chi connectivity index (χ0) is 19.0. The highest BCUT2D eigenvalue weighted by molar-refractivity contribution is 6.30. The number of benzene rings is 1. The van der Waals surface area contributed by atoms with Gasteiger partial charge in [0.15, 0.2) is 0 Å². The van der Waals surface area contributed by atoms with Crippen LogP contribution in [0.4, 0.5) is 5.82 Å². The summed E-state index contributed by atoms with van der Waals surface area (Å²) in [5, 5.41) is 4.67. The second-order valence-electron chi connectivity index (χ2n) is 7.10. The summed E-state index contributed by atoms with van der Waals surface area (Å²) < 4.78 is 2.16. The van der Waals surface area contributed by atoms with Gasteiger partial charge in [-0.25, -0.2) is 9.97 Å². The Morgan fingerprint density at radius 2 is 1.93 bits per heavy atom. The molecule has 3 aromatic rings. The molecule has 1 aromatic carbocycles. The molecule has 1 aliphatic carbocycles. The predicted molar refractivity (Wildman–Crippen MR) is 109 cm³/mol. The molecule has 4 rings (SSSR count). The van der Waals surface area contributed by atoms with Crippen LogP contribution >= 0.6 is 11.6 Å². The summed E-state index contributed by atoms with van der Waals surface area (Å²) in [6, 6.07) is 7.76. The molecule has 0 aliphatic heterocycles. The van der Waals surface area contributed by atoms with Crippen LogP contribution in [0.5, 0.6) is 0 Å². The highest BCUT2D eigenvalue weighted by Gasteiger charge is 2.25. The molecule has 0 saturated heterocycles. The van der Waals surface area contributed by atoms with E-state index in [0.29, 0.717) is 10.8 Å². The van der Waals surface area contributed by atoms with E-state index >= 15 is 0 Å². The van der Waals surface area contributed by atoms with Crippen molar-refractivity contribution in [1.29, 1.82) is 0 Å². The molecule has 1 aliphatic rings. The van der Waals surface area contributed by atoms with Gasteiger partial charge in [-0.15, -0.1) is 0 Å². The zero-order valence-electron chi connectivity index (χ0n) is 15.6. The number of nitrogens with zero attached hydrogens (tertiary/aromatic N) is 3. The number of aromatic nitrogens is 3. The molecule has 1 saturated carbocycles. The molecule has 1 N–H and O–H groups in total. The number of carbonyl (C=O) groups is 1. The maximum Gasteiger partial charge on any atom is 0.228 e. The first-order valence-corrected chi connectivity index (χ1v) is 9.88. The van der Waals surface area contributed by atoms with Crippen molar-refractivity contribution in [3.8, 4) is 11.1 Å². The summed E-state index contributed by atoms with van der Waals surface area (Å²) in [6.45, 7) is 4.97. The second-order valence-corrected chi connectivity index (χ2v) is 7.54. The predicted octanol–water partition coefficient (Wildman–Crippen LogP) is 5.21. The maximum absolute atomic E-state index is 12.7. The average Bonchev–Trinajstić information content (AvgIpc) is 3.29. The average molecular weight is 383 g/mol. The van der Waals surface area contributed by atoms with Crippen LogP contribution in [0.1, 0.15) is 38.3 Å². The van der Waals surface area contributed by atoms with Gasteiger partial charge in [0.25, 0.3) is 0 Å². The molecule has 6 heteroatoms. The number of rotatable bonds is 4. The first kappa shape index (κ1) is 18.0. The van der Waals surface area contributed by atoms with Crippen molar-refractivity contribution >= 4 is 34.4 Å². The molecule has 0 atom stereocenters. The first-order chi connectivity index (χ1) is 13.1. The zero-order valence-corrected chi connectivity index (χ0v) is 16.4. The number of aryl methyl sites for hydroxylation is 1. The van der Waals surface area contributed by atoms with E-state index in [1.165, 1.54) is 6.33 Å². The fourth-order valence-electron chi connectivity index (χ4n) is 4.14. The van der Waals surface area contributed by atoms with Crippen LogP contribution < -0.4 is 5.32 Å². The Balaban J connectivity index is 1.87. The Hall–Kier alpha value is -2.40. The lowest BCUT2D eigenvalue weighted by atomic mass is 10.0. The van der Waals surface area contributed by atoms with E-state index in [2.05, 4.69) is 33.7 Å². The smallest absolute Gasteiger partial charge is 0.228 e.